The van der Waals surface area contributed by atoms with E-state index in [2.05, 4.69) is 24.3 Å². The molecule has 0 amide bonds. The van der Waals surface area contributed by atoms with Crippen LogP contribution in [0.15, 0.2) is 24.3 Å². The molecule has 0 saturated carbocycles. The largest absolute Gasteiger partial charge is 0.371 e. The van der Waals surface area contributed by atoms with Gasteiger partial charge in [0.25, 0.3) is 0 Å². The first-order valence-electron chi connectivity index (χ1n) is 7.81. The molecule has 20 heavy (non-hydrogen) atoms. The summed E-state index contributed by atoms with van der Waals surface area (Å²) in [5.74, 6) is 0. The van der Waals surface area contributed by atoms with Gasteiger partial charge in [-0.25, -0.2) is 0 Å². The fourth-order valence-corrected chi connectivity index (χ4v) is 3.51. The highest BCUT2D eigenvalue weighted by atomic mass is 16.6. The Morgan fingerprint density at radius 3 is 1.55 bits per heavy atom. The second-order valence-corrected chi connectivity index (χ2v) is 6.00. The SMILES string of the molecule is C1=C[C@H]2OCCC[C@@H]2OC1C1C=C[C@H]2OCCC[C@@H]2O1. The highest BCUT2D eigenvalue weighted by molar-refractivity contribution is 5.13. The van der Waals surface area contributed by atoms with E-state index in [1.807, 2.05) is 0 Å². The van der Waals surface area contributed by atoms with Gasteiger partial charge in [-0.15, -0.1) is 0 Å². The number of fused-ring (bicyclic) bond motifs is 2. The van der Waals surface area contributed by atoms with Crippen molar-refractivity contribution in [2.24, 2.45) is 0 Å². The van der Waals surface area contributed by atoms with Crippen molar-refractivity contribution in [2.75, 3.05) is 13.2 Å². The number of rotatable bonds is 1. The Hall–Kier alpha value is -0.680. The van der Waals surface area contributed by atoms with E-state index in [1.165, 1.54) is 0 Å². The van der Waals surface area contributed by atoms with Gasteiger partial charge in [-0.05, 0) is 25.7 Å². The molecule has 4 aliphatic rings. The second-order valence-electron chi connectivity index (χ2n) is 6.00. The molecule has 0 aromatic rings. The Labute approximate surface area is 119 Å². The Morgan fingerprint density at radius 1 is 0.600 bits per heavy atom. The number of ether oxygens (including phenoxy) is 4. The van der Waals surface area contributed by atoms with Crippen molar-refractivity contribution in [2.45, 2.75) is 62.3 Å². The summed E-state index contributed by atoms with van der Waals surface area (Å²) in [5, 5.41) is 0. The molecule has 4 heteroatoms. The quantitative estimate of drug-likeness (QED) is 0.687. The Morgan fingerprint density at radius 2 is 1.05 bits per heavy atom. The van der Waals surface area contributed by atoms with E-state index in [4.69, 9.17) is 18.9 Å². The van der Waals surface area contributed by atoms with Gasteiger partial charge in [0.05, 0.1) is 12.2 Å². The van der Waals surface area contributed by atoms with Gasteiger partial charge < -0.3 is 18.9 Å². The lowest BCUT2D eigenvalue weighted by molar-refractivity contribution is -0.169. The lowest BCUT2D eigenvalue weighted by Crippen LogP contribution is -2.48. The van der Waals surface area contributed by atoms with E-state index < -0.39 is 0 Å². The van der Waals surface area contributed by atoms with Crippen molar-refractivity contribution < 1.29 is 18.9 Å². The first kappa shape index (κ1) is 13.0. The van der Waals surface area contributed by atoms with Crippen LogP contribution in [0, 0.1) is 0 Å². The van der Waals surface area contributed by atoms with Crippen LogP contribution in [0.4, 0.5) is 0 Å². The summed E-state index contributed by atoms with van der Waals surface area (Å²) in [7, 11) is 0. The van der Waals surface area contributed by atoms with Gasteiger partial charge in [0.1, 0.15) is 24.4 Å². The van der Waals surface area contributed by atoms with Gasteiger partial charge in [-0.1, -0.05) is 24.3 Å². The summed E-state index contributed by atoms with van der Waals surface area (Å²) < 4.78 is 23.8. The maximum atomic E-state index is 6.18. The molecule has 2 unspecified atom stereocenters. The van der Waals surface area contributed by atoms with E-state index in [-0.39, 0.29) is 36.6 Å². The van der Waals surface area contributed by atoms with Crippen LogP contribution in [-0.2, 0) is 18.9 Å². The zero-order valence-electron chi connectivity index (χ0n) is 11.6. The molecule has 4 aliphatic heterocycles. The van der Waals surface area contributed by atoms with Crippen molar-refractivity contribution in [1.82, 2.24) is 0 Å². The van der Waals surface area contributed by atoms with Crippen LogP contribution in [0.5, 0.6) is 0 Å². The zero-order chi connectivity index (χ0) is 13.4. The number of hydrogen-bond donors (Lipinski definition) is 0. The van der Waals surface area contributed by atoms with Gasteiger partial charge in [0.2, 0.25) is 0 Å². The Bertz CT molecular complexity index is 367. The molecule has 6 atom stereocenters. The maximum Gasteiger partial charge on any atom is 0.106 e. The summed E-state index contributed by atoms with van der Waals surface area (Å²) in [6.07, 6.45) is 13.5. The maximum absolute atomic E-state index is 6.18. The predicted octanol–water partition coefficient (Wildman–Crippen LogP) is 1.99. The molecule has 0 aliphatic carbocycles. The third-order valence-corrected chi connectivity index (χ3v) is 4.59. The van der Waals surface area contributed by atoms with Crippen LogP contribution in [0.3, 0.4) is 0 Å². The van der Waals surface area contributed by atoms with Gasteiger partial charge in [-0.2, -0.15) is 0 Å². The molecule has 0 aromatic heterocycles. The van der Waals surface area contributed by atoms with Crippen LogP contribution in [0.25, 0.3) is 0 Å². The highest BCUT2D eigenvalue weighted by Gasteiger charge is 2.37. The highest BCUT2D eigenvalue weighted by Crippen LogP contribution is 2.30. The van der Waals surface area contributed by atoms with Gasteiger partial charge in [0, 0.05) is 13.2 Å². The molecule has 0 bridgehead atoms. The minimum atomic E-state index is 0.0112. The summed E-state index contributed by atoms with van der Waals surface area (Å²) in [6.45, 7) is 1.70. The van der Waals surface area contributed by atoms with E-state index in [9.17, 15) is 0 Å². The summed E-state index contributed by atoms with van der Waals surface area (Å²) in [4.78, 5) is 0. The smallest absolute Gasteiger partial charge is 0.106 e. The second kappa shape index (κ2) is 5.60. The van der Waals surface area contributed by atoms with Crippen LogP contribution < -0.4 is 0 Å². The summed E-state index contributed by atoms with van der Waals surface area (Å²) in [5.41, 5.74) is 0. The van der Waals surface area contributed by atoms with Crippen molar-refractivity contribution in [3.05, 3.63) is 24.3 Å². The fraction of sp³-hybridized carbons (Fsp3) is 0.750. The zero-order valence-corrected chi connectivity index (χ0v) is 11.6. The van der Waals surface area contributed by atoms with E-state index >= 15 is 0 Å². The third kappa shape index (κ3) is 2.46. The lowest BCUT2D eigenvalue weighted by atomic mass is 9.96. The molecule has 4 nitrogen and oxygen atoms in total. The van der Waals surface area contributed by atoms with Gasteiger partial charge in [-0.3, -0.25) is 0 Å². The van der Waals surface area contributed by atoms with E-state index in [0.29, 0.717) is 0 Å². The Balaban J connectivity index is 1.45. The fourth-order valence-electron chi connectivity index (χ4n) is 3.51. The minimum Gasteiger partial charge on any atom is -0.371 e. The average Bonchev–Trinajstić information content (AvgIpc) is 2.54. The molecule has 110 valence electrons. The normalized spacial score (nSPS) is 47.6. The molecule has 2 saturated heterocycles. The third-order valence-electron chi connectivity index (χ3n) is 4.59. The lowest BCUT2D eigenvalue weighted by Gasteiger charge is -2.41. The van der Waals surface area contributed by atoms with Crippen molar-refractivity contribution in [1.29, 1.82) is 0 Å². The standard InChI is InChI=1S/C16H22O4/c1-3-13-11(17-9-1)5-7-15(19-13)16-8-6-12-14(20-16)4-2-10-18-12/h5-8,11-16H,1-4,9-10H2/t11-,12-,13+,14+,15?,16?/m1/s1. The first-order chi connectivity index (χ1) is 9.90. The van der Waals surface area contributed by atoms with Gasteiger partial charge >= 0.3 is 0 Å². The van der Waals surface area contributed by atoms with Crippen LogP contribution in [-0.4, -0.2) is 49.8 Å². The topological polar surface area (TPSA) is 36.9 Å². The van der Waals surface area contributed by atoms with Crippen LogP contribution in [0.2, 0.25) is 0 Å². The van der Waals surface area contributed by atoms with Crippen LogP contribution in [0.1, 0.15) is 25.7 Å². The van der Waals surface area contributed by atoms with Gasteiger partial charge in [0.15, 0.2) is 0 Å². The summed E-state index contributed by atoms with van der Waals surface area (Å²) >= 11 is 0. The predicted molar refractivity (Wildman–Crippen MR) is 73.6 cm³/mol. The average molecular weight is 278 g/mol. The molecule has 2 fully saturated rings. The van der Waals surface area contributed by atoms with Crippen molar-refractivity contribution in [3.8, 4) is 0 Å². The van der Waals surface area contributed by atoms with Crippen molar-refractivity contribution in [3.63, 3.8) is 0 Å². The molecule has 4 heterocycles. The van der Waals surface area contributed by atoms with E-state index in [1.54, 1.807) is 0 Å². The monoisotopic (exact) mass is 278 g/mol. The number of hydrogen-bond acceptors (Lipinski definition) is 4. The van der Waals surface area contributed by atoms with Crippen LogP contribution >= 0.6 is 0 Å². The van der Waals surface area contributed by atoms with Crippen molar-refractivity contribution >= 4 is 0 Å². The van der Waals surface area contributed by atoms with E-state index in [0.717, 1.165) is 38.9 Å². The molecular formula is C16H22O4. The Kier molecular flexibility index (Phi) is 3.65. The summed E-state index contributed by atoms with van der Waals surface area (Å²) in [6, 6.07) is 0. The minimum absolute atomic E-state index is 0.0112. The molecule has 0 aromatic carbocycles. The molecule has 0 spiro atoms. The molecular weight excluding hydrogens is 256 g/mol. The molecule has 4 rings (SSSR count). The molecule has 0 N–H and O–H groups in total. The molecule has 0 radical (unpaired) electrons. The first-order valence-corrected chi connectivity index (χ1v) is 7.81.